The maximum absolute atomic E-state index is 6.26. The summed E-state index contributed by atoms with van der Waals surface area (Å²) in [5.41, 5.74) is 2.09. The minimum absolute atomic E-state index is 0.685. The van der Waals surface area contributed by atoms with Crippen molar-refractivity contribution in [2.24, 2.45) is 0 Å². The molecule has 2 rings (SSSR count). The molecular weight excluding hydrogens is 323 g/mol. The maximum Gasteiger partial charge on any atom is 0.346 e. The smallest absolute Gasteiger partial charge is 0.346 e. The van der Waals surface area contributed by atoms with Gasteiger partial charge in [-0.3, -0.25) is 0 Å². The third-order valence-corrected chi connectivity index (χ3v) is 7.64. The first kappa shape index (κ1) is 16.5. The third-order valence-electron chi connectivity index (χ3n) is 3.58. The zero-order valence-corrected chi connectivity index (χ0v) is 14.6. The minimum atomic E-state index is -2.46. The SMILES string of the molecule is CO[Si](Cc1ccccc1Cl)(Cc1ccccc1Cl)OC. The van der Waals surface area contributed by atoms with Crippen molar-refractivity contribution in [2.75, 3.05) is 14.2 Å². The first-order valence-electron chi connectivity index (χ1n) is 6.67. The van der Waals surface area contributed by atoms with E-state index in [0.29, 0.717) is 12.1 Å². The summed E-state index contributed by atoms with van der Waals surface area (Å²) in [6.45, 7) is 0. The van der Waals surface area contributed by atoms with Gasteiger partial charge in [0.2, 0.25) is 0 Å². The van der Waals surface area contributed by atoms with Crippen molar-refractivity contribution in [2.45, 2.75) is 12.1 Å². The molecule has 5 heteroatoms. The molecular formula is C16H18Cl2O2Si. The highest BCUT2D eigenvalue weighted by Crippen LogP contribution is 2.26. The van der Waals surface area contributed by atoms with Gasteiger partial charge >= 0.3 is 8.56 Å². The molecule has 0 N–H and O–H groups in total. The summed E-state index contributed by atoms with van der Waals surface area (Å²) >= 11 is 12.5. The Kier molecular flexibility index (Phi) is 5.85. The fourth-order valence-electron chi connectivity index (χ4n) is 2.30. The van der Waals surface area contributed by atoms with Crippen molar-refractivity contribution < 1.29 is 8.85 Å². The molecule has 0 saturated heterocycles. The first-order chi connectivity index (χ1) is 10.1. The molecule has 0 aromatic heterocycles. The highest BCUT2D eigenvalue weighted by Gasteiger charge is 2.37. The molecule has 2 aromatic carbocycles. The van der Waals surface area contributed by atoms with Crippen LogP contribution in [-0.2, 0) is 20.9 Å². The van der Waals surface area contributed by atoms with E-state index in [2.05, 4.69) is 0 Å². The van der Waals surface area contributed by atoms with Gasteiger partial charge in [-0.25, -0.2) is 0 Å². The normalized spacial score (nSPS) is 11.6. The Labute approximate surface area is 136 Å². The third kappa shape index (κ3) is 4.08. The second-order valence-electron chi connectivity index (χ2n) is 4.86. The van der Waals surface area contributed by atoms with E-state index in [1.807, 2.05) is 48.5 Å². The molecule has 0 heterocycles. The highest BCUT2D eigenvalue weighted by atomic mass is 35.5. The molecule has 0 saturated carbocycles. The van der Waals surface area contributed by atoms with Crippen LogP contribution in [0, 0.1) is 0 Å². The van der Waals surface area contributed by atoms with Crippen LogP contribution < -0.4 is 0 Å². The van der Waals surface area contributed by atoms with E-state index in [4.69, 9.17) is 32.1 Å². The second-order valence-corrected chi connectivity index (χ2v) is 9.01. The molecule has 0 unspecified atom stereocenters. The van der Waals surface area contributed by atoms with E-state index in [9.17, 15) is 0 Å². The predicted octanol–water partition coefficient (Wildman–Crippen LogP) is 4.59. The second kappa shape index (κ2) is 7.43. The Bertz CT molecular complexity index is 551. The van der Waals surface area contributed by atoms with Crippen molar-refractivity contribution in [3.63, 3.8) is 0 Å². The topological polar surface area (TPSA) is 18.5 Å². The maximum atomic E-state index is 6.26. The Morgan fingerprint density at radius 1 is 0.762 bits per heavy atom. The van der Waals surface area contributed by atoms with Crippen LogP contribution in [-0.4, -0.2) is 22.8 Å². The lowest BCUT2D eigenvalue weighted by Gasteiger charge is -2.28. The Hall–Kier alpha value is -0.843. The summed E-state index contributed by atoms with van der Waals surface area (Å²) in [4.78, 5) is 0. The van der Waals surface area contributed by atoms with Gasteiger partial charge in [0.15, 0.2) is 0 Å². The molecule has 2 aromatic rings. The largest absolute Gasteiger partial charge is 0.397 e. The summed E-state index contributed by atoms with van der Waals surface area (Å²) in [5.74, 6) is 0. The zero-order valence-electron chi connectivity index (χ0n) is 12.1. The first-order valence-corrected chi connectivity index (χ1v) is 9.66. The average molecular weight is 341 g/mol. The van der Waals surface area contributed by atoms with Gasteiger partial charge < -0.3 is 8.85 Å². The molecule has 0 amide bonds. The zero-order chi connectivity index (χ0) is 15.3. The average Bonchev–Trinajstić information content (AvgIpc) is 2.51. The molecule has 0 spiro atoms. The summed E-state index contributed by atoms with van der Waals surface area (Å²) in [7, 11) is 0.939. The summed E-state index contributed by atoms with van der Waals surface area (Å²) < 4.78 is 11.6. The Balaban J connectivity index is 2.28. The van der Waals surface area contributed by atoms with Crippen molar-refractivity contribution >= 4 is 31.8 Å². The molecule has 0 radical (unpaired) electrons. The van der Waals surface area contributed by atoms with Crippen LogP contribution in [0.3, 0.4) is 0 Å². The van der Waals surface area contributed by atoms with Gasteiger partial charge in [-0.2, -0.15) is 0 Å². The highest BCUT2D eigenvalue weighted by molar-refractivity contribution is 6.66. The predicted molar refractivity (Wildman–Crippen MR) is 90.1 cm³/mol. The van der Waals surface area contributed by atoms with Crippen LogP contribution in [0.15, 0.2) is 48.5 Å². The molecule has 112 valence electrons. The number of benzene rings is 2. The van der Waals surface area contributed by atoms with E-state index >= 15 is 0 Å². The summed E-state index contributed by atoms with van der Waals surface area (Å²) in [6, 6.07) is 16.9. The minimum Gasteiger partial charge on any atom is -0.397 e. The van der Waals surface area contributed by atoms with Gasteiger partial charge in [-0.15, -0.1) is 0 Å². The van der Waals surface area contributed by atoms with Gasteiger partial charge in [0.1, 0.15) is 0 Å². The van der Waals surface area contributed by atoms with Crippen molar-refractivity contribution in [1.29, 1.82) is 0 Å². The number of halogens is 2. The van der Waals surface area contributed by atoms with Gasteiger partial charge in [-0.05, 0) is 23.3 Å². The van der Waals surface area contributed by atoms with E-state index in [-0.39, 0.29) is 0 Å². The van der Waals surface area contributed by atoms with Crippen molar-refractivity contribution in [3.05, 3.63) is 69.7 Å². The van der Waals surface area contributed by atoms with Gasteiger partial charge in [0.05, 0.1) is 0 Å². The lowest BCUT2D eigenvalue weighted by Crippen LogP contribution is -2.46. The van der Waals surface area contributed by atoms with E-state index < -0.39 is 8.56 Å². The monoisotopic (exact) mass is 340 g/mol. The van der Waals surface area contributed by atoms with Crippen LogP contribution >= 0.6 is 23.2 Å². The van der Waals surface area contributed by atoms with E-state index in [0.717, 1.165) is 21.2 Å². The fraction of sp³-hybridized carbons (Fsp3) is 0.250. The van der Waals surface area contributed by atoms with Crippen LogP contribution in [0.25, 0.3) is 0 Å². The molecule has 0 fully saturated rings. The van der Waals surface area contributed by atoms with Crippen LogP contribution in [0.1, 0.15) is 11.1 Å². The van der Waals surface area contributed by atoms with Crippen molar-refractivity contribution in [3.8, 4) is 0 Å². The van der Waals surface area contributed by atoms with Crippen LogP contribution in [0.4, 0.5) is 0 Å². The fourth-order valence-corrected chi connectivity index (χ4v) is 5.57. The van der Waals surface area contributed by atoms with Crippen molar-refractivity contribution in [1.82, 2.24) is 0 Å². The summed E-state index contributed by atoms with van der Waals surface area (Å²) in [5, 5.41) is 1.48. The van der Waals surface area contributed by atoms with Gasteiger partial charge in [0, 0.05) is 36.4 Å². The lowest BCUT2D eigenvalue weighted by molar-refractivity contribution is 0.240. The number of rotatable bonds is 6. The van der Waals surface area contributed by atoms with Gasteiger partial charge in [0.25, 0.3) is 0 Å². The van der Waals surface area contributed by atoms with Crippen LogP contribution in [0.5, 0.6) is 0 Å². The Morgan fingerprint density at radius 3 is 1.48 bits per heavy atom. The molecule has 0 aliphatic rings. The van der Waals surface area contributed by atoms with Gasteiger partial charge in [-0.1, -0.05) is 59.6 Å². The molecule has 0 aliphatic heterocycles. The Morgan fingerprint density at radius 2 is 1.14 bits per heavy atom. The quantitative estimate of drug-likeness (QED) is 0.716. The number of hydrogen-bond acceptors (Lipinski definition) is 2. The lowest BCUT2D eigenvalue weighted by atomic mass is 10.2. The standard InChI is InChI=1S/C16H18Cl2O2Si/c1-19-21(20-2,11-13-7-3-5-9-15(13)17)12-14-8-4-6-10-16(14)18/h3-10H,11-12H2,1-2H3. The van der Waals surface area contributed by atoms with E-state index in [1.165, 1.54) is 0 Å². The molecule has 2 nitrogen and oxygen atoms in total. The number of hydrogen-bond donors (Lipinski definition) is 0. The summed E-state index contributed by atoms with van der Waals surface area (Å²) in [6.07, 6.45) is 0. The molecule has 0 atom stereocenters. The molecule has 21 heavy (non-hydrogen) atoms. The molecule has 0 bridgehead atoms. The van der Waals surface area contributed by atoms with E-state index in [1.54, 1.807) is 14.2 Å². The molecule has 0 aliphatic carbocycles. The van der Waals surface area contributed by atoms with Crippen LogP contribution in [0.2, 0.25) is 10.0 Å².